The predicted molar refractivity (Wildman–Crippen MR) is 81.3 cm³/mol. The second-order valence-corrected chi connectivity index (χ2v) is 5.30. The van der Waals surface area contributed by atoms with Crippen molar-refractivity contribution >= 4 is 5.91 Å². The highest BCUT2D eigenvalue weighted by Crippen LogP contribution is 2.03. The van der Waals surface area contributed by atoms with Crippen LogP contribution in [-0.4, -0.2) is 78.3 Å². The summed E-state index contributed by atoms with van der Waals surface area (Å²) in [6, 6.07) is 0. The molecule has 0 unspecified atom stereocenters. The number of rotatable bonds is 10. The molecule has 0 aliphatic rings. The largest absolute Gasteiger partial charge is 0.383 e. The lowest BCUT2D eigenvalue weighted by atomic mass is 10.3. The Labute approximate surface area is 126 Å². The van der Waals surface area contributed by atoms with E-state index in [9.17, 15) is 4.79 Å². The number of amides is 1. The number of carbonyl (C=O) groups excluding carboxylic acids is 1. The molecule has 1 heterocycles. The number of methoxy groups -OCH3 is 1. The summed E-state index contributed by atoms with van der Waals surface area (Å²) in [5.74, 6) is 0.879. The van der Waals surface area contributed by atoms with Crippen molar-refractivity contribution < 1.29 is 9.53 Å². The number of H-pyrrole nitrogens is 1. The summed E-state index contributed by atoms with van der Waals surface area (Å²) < 4.78 is 5.08. The molecule has 120 valence electrons. The van der Waals surface area contributed by atoms with Crippen LogP contribution in [0.25, 0.3) is 0 Å². The van der Waals surface area contributed by atoms with E-state index in [1.54, 1.807) is 12.0 Å². The van der Waals surface area contributed by atoms with E-state index in [-0.39, 0.29) is 11.7 Å². The molecular formula is C14H27N5O2. The van der Waals surface area contributed by atoms with Gasteiger partial charge in [0.15, 0.2) is 0 Å². The van der Waals surface area contributed by atoms with Gasteiger partial charge in [0.25, 0.3) is 5.91 Å². The van der Waals surface area contributed by atoms with Crippen molar-refractivity contribution in [3.8, 4) is 0 Å². The van der Waals surface area contributed by atoms with Crippen molar-refractivity contribution in [3.05, 3.63) is 11.6 Å². The Morgan fingerprint density at radius 3 is 2.67 bits per heavy atom. The number of aromatic amines is 1. The summed E-state index contributed by atoms with van der Waals surface area (Å²) in [5.41, 5.74) is 0. The van der Waals surface area contributed by atoms with Crippen LogP contribution in [0.15, 0.2) is 0 Å². The highest BCUT2D eigenvalue weighted by atomic mass is 16.5. The lowest BCUT2D eigenvalue weighted by Gasteiger charge is -2.21. The molecule has 1 N–H and O–H groups in total. The standard InChI is InChI=1S/C14H27N5O2/c1-5-7-12-15-13(17-16-12)14(20)19(10-11-21-4)9-6-8-18(2)3/h5-11H2,1-4H3,(H,15,16,17). The molecule has 0 atom stereocenters. The monoisotopic (exact) mass is 297 g/mol. The molecule has 7 heteroatoms. The molecule has 1 aromatic heterocycles. The minimum Gasteiger partial charge on any atom is -0.383 e. The van der Waals surface area contributed by atoms with Crippen LogP contribution in [0, 0.1) is 0 Å². The Bertz CT molecular complexity index is 419. The molecule has 0 saturated carbocycles. The molecule has 0 aliphatic heterocycles. The van der Waals surface area contributed by atoms with Gasteiger partial charge in [0.1, 0.15) is 5.82 Å². The van der Waals surface area contributed by atoms with Gasteiger partial charge in [0.2, 0.25) is 5.82 Å². The summed E-state index contributed by atoms with van der Waals surface area (Å²) in [7, 11) is 5.68. The molecule has 1 rings (SSSR count). The number of hydrogen-bond acceptors (Lipinski definition) is 5. The van der Waals surface area contributed by atoms with Crippen molar-refractivity contribution in [1.82, 2.24) is 25.0 Å². The number of nitrogens with zero attached hydrogens (tertiary/aromatic N) is 4. The summed E-state index contributed by atoms with van der Waals surface area (Å²) in [5, 5.41) is 6.85. The fourth-order valence-electron chi connectivity index (χ4n) is 1.98. The number of ether oxygens (including phenoxy) is 1. The maximum absolute atomic E-state index is 12.5. The van der Waals surface area contributed by atoms with Crippen LogP contribution < -0.4 is 0 Å². The number of carbonyl (C=O) groups is 1. The fourth-order valence-corrected chi connectivity index (χ4v) is 1.98. The first-order valence-electron chi connectivity index (χ1n) is 7.42. The third kappa shape index (κ3) is 6.22. The molecule has 0 spiro atoms. The zero-order valence-corrected chi connectivity index (χ0v) is 13.6. The van der Waals surface area contributed by atoms with E-state index in [0.717, 1.165) is 31.6 Å². The maximum atomic E-state index is 12.5. The average molecular weight is 297 g/mol. The highest BCUT2D eigenvalue weighted by molar-refractivity contribution is 5.90. The first kappa shape index (κ1) is 17.6. The first-order chi connectivity index (χ1) is 10.1. The van der Waals surface area contributed by atoms with E-state index in [0.29, 0.717) is 19.7 Å². The molecule has 0 fully saturated rings. The van der Waals surface area contributed by atoms with Gasteiger partial charge >= 0.3 is 0 Å². The van der Waals surface area contributed by atoms with Gasteiger partial charge in [-0.25, -0.2) is 4.98 Å². The van der Waals surface area contributed by atoms with Crippen molar-refractivity contribution in [2.75, 3.05) is 47.4 Å². The Morgan fingerprint density at radius 1 is 1.29 bits per heavy atom. The van der Waals surface area contributed by atoms with E-state index >= 15 is 0 Å². The topological polar surface area (TPSA) is 74.3 Å². The Balaban J connectivity index is 2.63. The second-order valence-electron chi connectivity index (χ2n) is 5.30. The van der Waals surface area contributed by atoms with Gasteiger partial charge in [-0.3, -0.25) is 9.89 Å². The van der Waals surface area contributed by atoms with E-state index < -0.39 is 0 Å². The zero-order valence-electron chi connectivity index (χ0n) is 13.6. The molecule has 0 aliphatic carbocycles. The quantitative estimate of drug-likeness (QED) is 0.691. The smallest absolute Gasteiger partial charge is 0.293 e. The SMILES string of the molecule is CCCc1nc(C(=O)N(CCCN(C)C)CCOC)n[nH]1. The molecule has 0 bridgehead atoms. The Hall–Kier alpha value is -1.47. The zero-order chi connectivity index (χ0) is 15.7. The lowest BCUT2D eigenvalue weighted by molar-refractivity contribution is 0.0677. The molecule has 0 saturated heterocycles. The fraction of sp³-hybridized carbons (Fsp3) is 0.786. The summed E-state index contributed by atoms with van der Waals surface area (Å²) >= 11 is 0. The van der Waals surface area contributed by atoms with Crippen LogP contribution in [-0.2, 0) is 11.2 Å². The Kier molecular flexibility index (Phi) is 7.92. The number of aryl methyl sites for hydroxylation is 1. The predicted octanol–water partition coefficient (Wildman–Crippen LogP) is 0.798. The molecule has 1 aromatic rings. The van der Waals surface area contributed by atoms with Gasteiger partial charge in [0, 0.05) is 26.6 Å². The van der Waals surface area contributed by atoms with Gasteiger partial charge < -0.3 is 14.5 Å². The van der Waals surface area contributed by atoms with E-state index in [4.69, 9.17) is 4.74 Å². The van der Waals surface area contributed by atoms with Crippen molar-refractivity contribution in [2.24, 2.45) is 0 Å². The second kappa shape index (κ2) is 9.46. The lowest BCUT2D eigenvalue weighted by Crippen LogP contribution is -2.36. The van der Waals surface area contributed by atoms with E-state index in [1.807, 2.05) is 14.1 Å². The van der Waals surface area contributed by atoms with Gasteiger partial charge in [0.05, 0.1) is 6.61 Å². The summed E-state index contributed by atoms with van der Waals surface area (Å²) in [6.07, 6.45) is 2.69. The van der Waals surface area contributed by atoms with E-state index in [2.05, 4.69) is 27.0 Å². The molecule has 0 aromatic carbocycles. The molecule has 21 heavy (non-hydrogen) atoms. The van der Waals surface area contributed by atoms with Gasteiger partial charge in [-0.05, 0) is 33.5 Å². The van der Waals surface area contributed by atoms with Gasteiger partial charge in [-0.1, -0.05) is 6.92 Å². The van der Waals surface area contributed by atoms with Crippen LogP contribution in [0.2, 0.25) is 0 Å². The molecule has 7 nitrogen and oxygen atoms in total. The Morgan fingerprint density at radius 2 is 2.05 bits per heavy atom. The van der Waals surface area contributed by atoms with Crippen LogP contribution in [0.5, 0.6) is 0 Å². The normalized spacial score (nSPS) is 11.1. The minimum absolute atomic E-state index is 0.135. The molecule has 0 radical (unpaired) electrons. The van der Waals surface area contributed by atoms with Gasteiger partial charge in [-0.2, -0.15) is 0 Å². The van der Waals surface area contributed by atoms with Crippen LogP contribution in [0.1, 0.15) is 36.2 Å². The van der Waals surface area contributed by atoms with Crippen LogP contribution in [0.4, 0.5) is 0 Å². The average Bonchev–Trinajstić information content (AvgIpc) is 2.90. The first-order valence-corrected chi connectivity index (χ1v) is 7.42. The number of aromatic nitrogens is 3. The minimum atomic E-state index is -0.135. The van der Waals surface area contributed by atoms with Crippen LogP contribution >= 0.6 is 0 Å². The number of nitrogens with one attached hydrogen (secondary N) is 1. The maximum Gasteiger partial charge on any atom is 0.293 e. The number of hydrogen-bond donors (Lipinski definition) is 1. The van der Waals surface area contributed by atoms with Crippen LogP contribution in [0.3, 0.4) is 0 Å². The van der Waals surface area contributed by atoms with Gasteiger partial charge in [-0.15, -0.1) is 5.10 Å². The highest BCUT2D eigenvalue weighted by Gasteiger charge is 2.19. The van der Waals surface area contributed by atoms with Crippen molar-refractivity contribution in [2.45, 2.75) is 26.2 Å². The third-order valence-corrected chi connectivity index (χ3v) is 3.10. The molecular weight excluding hydrogens is 270 g/mol. The third-order valence-electron chi connectivity index (χ3n) is 3.10. The van der Waals surface area contributed by atoms with E-state index in [1.165, 1.54) is 0 Å². The van der Waals surface area contributed by atoms with Crippen molar-refractivity contribution in [1.29, 1.82) is 0 Å². The van der Waals surface area contributed by atoms with Crippen molar-refractivity contribution in [3.63, 3.8) is 0 Å². The summed E-state index contributed by atoms with van der Waals surface area (Å²) in [6.45, 7) is 4.75. The molecule has 1 amide bonds. The summed E-state index contributed by atoms with van der Waals surface area (Å²) in [4.78, 5) is 20.6.